The number of carbonyl (C=O) groups is 2. The van der Waals surface area contributed by atoms with Crippen molar-refractivity contribution < 1.29 is 19.9 Å². The molecule has 0 rings (SSSR count). The summed E-state index contributed by atoms with van der Waals surface area (Å²) >= 11 is 0. The zero-order valence-corrected chi connectivity index (χ0v) is 5.50. The Labute approximate surface area is 57.6 Å². The van der Waals surface area contributed by atoms with Crippen LogP contribution in [-0.2, 0) is 9.59 Å². The van der Waals surface area contributed by atoms with Gasteiger partial charge in [-0.05, 0) is 0 Å². The molecule has 0 saturated heterocycles. The maximum atomic E-state index is 10.4. The summed E-state index contributed by atoms with van der Waals surface area (Å²) in [6, 6.07) is 0. The van der Waals surface area contributed by atoms with Crippen molar-refractivity contribution >= 4 is 11.9 Å². The van der Waals surface area contributed by atoms with Crippen molar-refractivity contribution in [1.82, 2.24) is 5.48 Å². The lowest BCUT2D eigenvalue weighted by molar-refractivity contribution is -0.143. The predicted octanol–water partition coefficient (Wildman–Crippen LogP) is -0.397. The number of carbonyl (C=O) groups excluding carboxylic acids is 1. The van der Waals surface area contributed by atoms with Gasteiger partial charge in [-0.2, -0.15) is 0 Å². The third-order valence-corrected chi connectivity index (χ3v) is 1.04. The summed E-state index contributed by atoms with van der Waals surface area (Å²) in [6.45, 7) is 1.42. The Bertz CT molecular complexity index is 145. The van der Waals surface area contributed by atoms with Gasteiger partial charge >= 0.3 is 5.97 Å². The molecule has 0 aromatic heterocycles. The molecule has 0 aromatic rings. The van der Waals surface area contributed by atoms with Crippen molar-refractivity contribution in [3.63, 3.8) is 0 Å². The fourth-order valence-corrected chi connectivity index (χ4v) is 0.465. The van der Waals surface area contributed by atoms with E-state index in [9.17, 15) is 9.59 Å². The second kappa shape index (κ2) is 3.84. The van der Waals surface area contributed by atoms with E-state index in [-0.39, 0.29) is 6.42 Å². The minimum atomic E-state index is -1.06. The van der Waals surface area contributed by atoms with Crippen LogP contribution in [-0.4, -0.2) is 22.2 Å². The van der Waals surface area contributed by atoms with E-state index in [1.165, 1.54) is 12.4 Å². The Morgan fingerprint density at radius 3 is 2.40 bits per heavy atom. The Hall–Kier alpha value is -1.10. The molecular formula is C5H9NO4. The van der Waals surface area contributed by atoms with Gasteiger partial charge in [-0.15, -0.1) is 0 Å². The maximum absolute atomic E-state index is 10.4. The Morgan fingerprint density at radius 2 is 2.10 bits per heavy atom. The molecule has 0 saturated carbocycles. The zero-order valence-electron chi connectivity index (χ0n) is 5.50. The molecule has 0 aliphatic rings. The molecule has 0 aliphatic heterocycles. The monoisotopic (exact) mass is 147 g/mol. The van der Waals surface area contributed by atoms with E-state index in [0.717, 1.165) is 0 Å². The van der Waals surface area contributed by atoms with E-state index in [1.54, 1.807) is 0 Å². The van der Waals surface area contributed by atoms with Gasteiger partial charge in [0.1, 0.15) is 0 Å². The Kier molecular flexibility index (Phi) is 3.42. The summed E-state index contributed by atoms with van der Waals surface area (Å²) in [7, 11) is 0. The minimum absolute atomic E-state index is 0.271. The molecule has 0 fully saturated rings. The molecule has 3 N–H and O–H groups in total. The Balaban J connectivity index is 3.72. The summed E-state index contributed by atoms with van der Waals surface area (Å²) in [6.07, 6.45) is -0.271. The first-order chi connectivity index (χ1) is 4.57. The van der Waals surface area contributed by atoms with Crippen molar-refractivity contribution in [3.05, 3.63) is 0 Å². The van der Waals surface area contributed by atoms with Crippen molar-refractivity contribution in [2.24, 2.45) is 5.92 Å². The highest BCUT2D eigenvalue weighted by Crippen LogP contribution is 1.99. The molecule has 0 spiro atoms. The highest BCUT2D eigenvalue weighted by atomic mass is 16.5. The number of hydrogen-bond donors (Lipinski definition) is 3. The number of hydroxylamine groups is 1. The summed E-state index contributed by atoms with van der Waals surface area (Å²) in [5, 5.41) is 16.2. The van der Waals surface area contributed by atoms with Crippen LogP contribution in [0.25, 0.3) is 0 Å². The van der Waals surface area contributed by atoms with Crippen LogP contribution >= 0.6 is 0 Å². The molecular weight excluding hydrogens is 138 g/mol. The van der Waals surface area contributed by atoms with E-state index in [2.05, 4.69) is 0 Å². The molecule has 5 heteroatoms. The quantitative estimate of drug-likeness (QED) is 0.374. The standard InChI is InChI=1S/C5H9NO4/c1-3(2-4(7)8)5(9)6-10/h3,10H,2H2,1H3,(H,6,9)(H,7,8). The number of carboxylic acid groups (broad SMARTS) is 1. The van der Waals surface area contributed by atoms with Gasteiger partial charge in [0.2, 0.25) is 5.91 Å². The average Bonchev–Trinajstić information content (AvgIpc) is 1.85. The first-order valence-corrected chi connectivity index (χ1v) is 2.73. The van der Waals surface area contributed by atoms with Gasteiger partial charge in [0.25, 0.3) is 0 Å². The molecule has 1 amide bonds. The number of carboxylic acids is 1. The number of hydrogen-bond acceptors (Lipinski definition) is 3. The van der Waals surface area contributed by atoms with Crippen LogP contribution in [0.5, 0.6) is 0 Å². The van der Waals surface area contributed by atoms with Gasteiger partial charge in [-0.1, -0.05) is 6.92 Å². The number of aliphatic carboxylic acids is 1. The van der Waals surface area contributed by atoms with Crippen LogP contribution in [0.15, 0.2) is 0 Å². The fourth-order valence-electron chi connectivity index (χ4n) is 0.465. The third-order valence-electron chi connectivity index (χ3n) is 1.04. The van der Waals surface area contributed by atoms with Crippen molar-refractivity contribution in [3.8, 4) is 0 Å². The normalized spacial score (nSPS) is 12.2. The van der Waals surface area contributed by atoms with Crippen LogP contribution in [0, 0.1) is 5.92 Å². The fraction of sp³-hybridized carbons (Fsp3) is 0.600. The van der Waals surface area contributed by atoms with Crippen molar-refractivity contribution in [2.75, 3.05) is 0 Å². The first kappa shape index (κ1) is 8.90. The van der Waals surface area contributed by atoms with Crippen molar-refractivity contribution in [2.45, 2.75) is 13.3 Å². The zero-order chi connectivity index (χ0) is 8.15. The van der Waals surface area contributed by atoms with Crippen molar-refractivity contribution in [1.29, 1.82) is 0 Å². The van der Waals surface area contributed by atoms with Gasteiger partial charge < -0.3 is 5.11 Å². The highest BCUT2D eigenvalue weighted by molar-refractivity contribution is 5.81. The summed E-state index contributed by atoms with van der Waals surface area (Å²) < 4.78 is 0. The second-order valence-corrected chi connectivity index (χ2v) is 1.97. The van der Waals surface area contributed by atoms with Crippen LogP contribution in [0.4, 0.5) is 0 Å². The minimum Gasteiger partial charge on any atom is -0.481 e. The van der Waals surface area contributed by atoms with Gasteiger partial charge in [0, 0.05) is 5.92 Å². The Morgan fingerprint density at radius 1 is 1.60 bits per heavy atom. The molecule has 5 nitrogen and oxygen atoms in total. The molecule has 10 heavy (non-hydrogen) atoms. The lowest BCUT2D eigenvalue weighted by Gasteiger charge is -2.03. The lowest BCUT2D eigenvalue weighted by Crippen LogP contribution is -2.27. The molecule has 0 aromatic carbocycles. The average molecular weight is 147 g/mol. The molecule has 0 heterocycles. The van der Waals surface area contributed by atoms with E-state index < -0.39 is 17.8 Å². The highest BCUT2D eigenvalue weighted by Gasteiger charge is 2.14. The molecule has 58 valence electrons. The molecule has 0 bridgehead atoms. The molecule has 0 aliphatic carbocycles. The second-order valence-electron chi connectivity index (χ2n) is 1.97. The van der Waals surface area contributed by atoms with Crippen LogP contribution < -0.4 is 5.48 Å². The maximum Gasteiger partial charge on any atom is 0.304 e. The predicted molar refractivity (Wildman–Crippen MR) is 31.3 cm³/mol. The first-order valence-electron chi connectivity index (χ1n) is 2.73. The van der Waals surface area contributed by atoms with E-state index in [0.29, 0.717) is 0 Å². The third kappa shape index (κ3) is 3.03. The summed E-state index contributed by atoms with van der Waals surface area (Å²) in [4.78, 5) is 20.4. The van der Waals surface area contributed by atoms with Gasteiger partial charge in [-0.25, -0.2) is 5.48 Å². The smallest absolute Gasteiger partial charge is 0.304 e. The number of amides is 1. The lowest BCUT2D eigenvalue weighted by atomic mass is 10.1. The molecule has 1 atom stereocenters. The van der Waals surface area contributed by atoms with E-state index >= 15 is 0 Å². The largest absolute Gasteiger partial charge is 0.481 e. The molecule has 0 radical (unpaired) electrons. The van der Waals surface area contributed by atoms with Gasteiger partial charge in [0.15, 0.2) is 0 Å². The van der Waals surface area contributed by atoms with Gasteiger partial charge in [-0.3, -0.25) is 14.8 Å². The van der Waals surface area contributed by atoms with Crippen LogP contribution in [0.3, 0.4) is 0 Å². The van der Waals surface area contributed by atoms with E-state index in [1.807, 2.05) is 0 Å². The van der Waals surface area contributed by atoms with E-state index in [4.69, 9.17) is 10.3 Å². The van der Waals surface area contributed by atoms with Crippen LogP contribution in [0.2, 0.25) is 0 Å². The van der Waals surface area contributed by atoms with Crippen LogP contribution in [0.1, 0.15) is 13.3 Å². The van der Waals surface area contributed by atoms with Gasteiger partial charge in [0.05, 0.1) is 6.42 Å². The molecule has 1 unspecified atom stereocenters. The number of rotatable bonds is 3. The number of nitrogens with one attached hydrogen (secondary N) is 1. The summed E-state index contributed by atoms with van der Waals surface area (Å²) in [5.41, 5.74) is 1.37. The SMILES string of the molecule is CC(CC(=O)O)C(=O)NO. The summed E-state index contributed by atoms with van der Waals surface area (Å²) in [5.74, 6) is -2.43. The topological polar surface area (TPSA) is 86.6 Å².